The normalized spacial score (nSPS) is 31.7. The molecule has 1 heterocycles. The number of carbonyl (C=O) groups is 1. The molecule has 2 N–H and O–H groups in total. The predicted molar refractivity (Wildman–Crippen MR) is 85.5 cm³/mol. The van der Waals surface area contributed by atoms with Gasteiger partial charge >= 0.3 is 0 Å². The number of carbonyl (C=O) groups excluding carboxylic acids is 1. The Bertz CT molecular complexity index is 533. The second-order valence-electron chi connectivity index (χ2n) is 6.53. The van der Waals surface area contributed by atoms with Crippen LogP contribution in [0, 0.1) is 5.92 Å². The van der Waals surface area contributed by atoms with Crippen molar-refractivity contribution in [3.8, 4) is 0 Å². The number of rotatable bonds is 3. The largest absolute Gasteiger partial charge is 0.394 e. The van der Waals surface area contributed by atoms with E-state index in [4.69, 9.17) is 0 Å². The minimum atomic E-state index is -0.406. The highest BCUT2D eigenvalue weighted by atomic mass is 32.2. The molecule has 0 bridgehead atoms. The van der Waals surface area contributed by atoms with Crippen LogP contribution in [0.25, 0.3) is 0 Å². The average molecular weight is 305 g/mol. The van der Waals surface area contributed by atoms with Crippen molar-refractivity contribution in [3.05, 3.63) is 29.8 Å². The maximum atomic E-state index is 12.7. The first kappa shape index (κ1) is 14.9. The summed E-state index contributed by atoms with van der Waals surface area (Å²) in [5.74, 6) is 1.38. The van der Waals surface area contributed by atoms with Gasteiger partial charge in [0.05, 0.1) is 18.1 Å². The van der Waals surface area contributed by atoms with Crippen LogP contribution >= 0.6 is 11.8 Å². The third-order valence-electron chi connectivity index (χ3n) is 4.80. The average Bonchev–Trinajstić information content (AvgIpc) is 2.91. The Morgan fingerprint density at radius 1 is 1.48 bits per heavy atom. The molecule has 3 nitrogen and oxygen atoms in total. The summed E-state index contributed by atoms with van der Waals surface area (Å²) < 4.78 is 0. The van der Waals surface area contributed by atoms with Crippen LogP contribution in [0.5, 0.6) is 0 Å². The summed E-state index contributed by atoms with van der Waals surface area (Å²) in [6, 6.07) is 8.14. The molecule has 3 rings (SSSR count). The molecule has 0 spiro atoms. The quantitative estimate of drug-likeness (QED) is 0.902. The number of amides is 1. The molecule has 4 heteroatoms. The summed E-state index contributed by atoms with van der Waals surface area (Å²) in [4.78, 5) is 13.9. The first-order valence-corrected chi connectivity index (χ1v) is 8.77. The highest BCUT2D eigenvalue weighted by molar-refractivity contribution is 7.99. The Morgan fingerprint density at radius 3 is 3.05 bits per heavy atom. The zero-order valence-corrected chi connectivity index (χ0v) is 13.3. The van der Waals surface area contributed by atoms with E-state index in [2.05, 4.69) is 24.4 Å². The predicted octanol–water partition coefficient (Wildman–Crippen LogP) is 2.93. The van der Waals surface area contributed by atoms with E-state index in [0.717, 1.165) is 30.6 Å². The molecule has 0 aromatic heterocycles. The molecule has 1 fully saturated rings. The maximum Gasteiger partial charge on any atom is 0.228 e. The Kier molecular flexibility index (Phi) is 4.27. The van der Waals surface area contributed by atoms with Gasteiger partial charge in [0.1, 0.15) is 0 Å². The molecule has 0 radical (unpaired) electrons. The fourth-order valence-corrected chi connectivity index (χ4v) is 4.91. The molecule has 1 aromatic rings. The van der Waals surface area contributed by atoms with Crippen molar-refractivity contribution in [1.29, 1.82) is 0 Å². The van der Waals surface area contributed by atoms with Gasteiger partial charge in [0.25, 0.3) is 0 Å². The van der Waals surface area contributed by atoms with E-state index in [1.165, 1.54) is 11.3 Å². The molecule has 1 saturated carbocycles. The summed E-state index contributed by atoms with van der Waals surface area (Å²) in [6.07, 6.45) is 4.05. The van der Waals surface area contributed by atoms with Crippen molar-refractivity contribution in [1.82, 2.24) is 5.32 Å². The fraction of sp³-hybridized carbons (Fsp3) is 0.588. The second-order valence-corrected chi connectivity index (χ2v) is 7.59. The number of hydrogen-bond acceptors (Lipinski definition) is 3. The van der Waals surface area contributed by atoms with Crippen molar-refractivity contribution < 1.29 is 9.90 Å². The standard InChI is InChI=1S/C17H23NO2S/c1-12-5-4-8-17(9-12,11-19)18-16(20)14-10-21-15-7-3-2-6-13(14)15/h2-3,6-7,12,14,19H,4-5,8-11H2,1H3,(H,18,20). The highest BCUT2D eigenvalue weighted by Gasteiger charge is 2.38. The van der Waals surface area contributed by atoms with E-state index in [1.807, 2.05) is 12.1 Å². The minimum Gasteiger partial charge on any atom is -0.394 e. The van der Waals surface area contributed by atoms with Crippen molar-refractivity contribution in [2.45, 2.75) is 49.0 Å². The lowest BCUT2D eigenvalue weighted by molar-refractivity contribution is -0.125. The van der Waals surface area contributed by atoms with Gasteiger partial charge in [0.15, 0.2) is 0 Å². The van der Waals surface area contributed by atoms with Gasteiger partial charge < -0.3 is 10.4 Å². The minimum absolute atomic E-state index is 0.0462. The lowest BCUT2D eigenvalue weighted by Gasteiger charge is -2.40. The van der Waals surface area contributed by atoms with Crippen LogP contribution in [0.15, 0.2) is 29.2 Å². The van der Waals surface area contributed by atoms with Gasteiger partial charge in [-0.1, -0.05) is 38.0 Å². The van der Waals surface area contributed by atoms with Gasteiger partial charge in [-0.25, -0.2) is 0 Å². The number of aliphatic hydroxyl groups excluding tert-OH is 1. The number of nitrogens with one attached hydrogen (secondary N) is 1. The molecule has 2 aliphatic rings. The molecule has 114 valence electrons. The molecule has 3 unspecified atom stereocenters. The van der Waals surface area contributed by atoms with Crippen LogP contribution in [0.3, 0.4) is 0 Å². The summed E-state index contributed by atoms with van der Waals surface area (Å²) in [7, 11) is 0. The third-order valence-corrected chi connectivity index (χ3v) is 5.98. The molecule has 1 aliphatic carbocycles. The monoisotopic (exact) mass is 305 g/mol. The molecule has 1 aliphatic heterocycles. The van der Waals surface area contributed by atoms with Gasteiger partial charge in [-0.2, -0.15) is 0 Å². The molecule has 0 saturated heterocycles. The van der Waals surface area contributed by atoms with Crippen LogP contribution in [0.4, 0.5) is 0 Å². The maximum absolute atomic E-state index is 12.7. The molecule has 1 amide bonds. The van der Waals surface area contributed by atoms with Crippen LogP contribution in [-0.4, -0.2) is 28.9 Å². The number of benzene rings is 1. The molecule has 21 heavy (non-hydrogen) atoms. The zero-order chi connectivity index (χ0) is 14.9. The zero-order valence-electron chi connectivity index (χ0n) is 12.5. The lowest BCUT2D eigenvalue weighted by atomic mass is 9.76. The number of fused-ring (bicyclic) bond motifs is 1. The molecular weight excluding hydrogens is 282 g/mol. The Morgan fingerprint density at radius 2 is 2.29 bits per heavy atom. The first-order valence-electron chi connectivity index (χ1n) is 7.78. The summed E-state index contributed by atoms with van der Waals surface area (Å²) >= 11 is 1.75. The van der Waals surface area contributed by atoms with Gasteiger partial charge in [-0.05, 0) is 30.4 Å². The number of aliphatic hydroxyl groups is 1. The van der Waals surface area contributed by atoms with Crippen molar-refractivity contribution >= 4 is 17.7 Å². The lowest BCUT2D eigenvalue weighted by Crippen LogP contribution is -2.55. The van der Waals surface area contributed by atoms with E-state index in [0.29, 0.717) is 5.92 Å². The Balaban J connectivity index is 1.74. The van der Waals surface area contributed by atoms with Gasteiger partial charge in [0, 0.05) is 10.6 Å². The van der Waals surface area contributed by atoms with E-state index in [9.17, 15) is 9.90 Å². The number of hydrogen-bond donors (Lipinski definition) is 2. The fourth-order valence-electron chi connectivity index (χ4n) is 3.68. The second kappa shape index (κ2) is 6.01. The Hall–Kier alpha value is -1.00. The summed E-state index contributed by atoms with van der Waals surface area (Å²) in [5, 5.41) is 13.0. The first-order chi connectivity index (χ1) is 10.1. The van der Waals surface area contributed by atoms with Crippen LogP contribution in [0.1, 0.15) is 44.1 Å². The topological polar surface area (TPSA) is 49.3 Å². The van der Waals surface area contributed by atoms with Crippen molar-refractivity contribution in [2.24, 2.45) is 5.92 Å². The van der Waals surface area contributed by atoms with E-state index >= 15 is 0 Å². The molecular formula is C17H23NO2S. The van der Waals surface area contributed by atoms with E-state index < -0.39 is 5.54 Å². The van der Waals surface area contributed by atoms with Crippen LogP contribution < -0.4 is 5.32 Å². The van der Waals surface area contributed by atoms with Crippen LogP contribution in [0.2, 0.25) is 0 Å². The SMILES string of the molecule is CC1CCCC(CO)(NC(=O)C2CSc3ccccc32)C1. The summed E-state index contributed by atoms with van der Waals surface area (Å²) in [5.41, 5.74) is 0.730. The van der Waals surface area contributed by atoms with Crippen molar-refractivity contribution in [3.63, 3.8) is 0 Å². The van der Waals surface area contributed by atoms with E-state index in [-0.39, 0.29) is 18.4 Å². The van der Waals surface area contributed by atoms with Gasteiger partial charge in [0.2, 0.25) is 5.91 Å². The van der Waals surface area contributed by atoms with Crippen molar-refractivity contribution in [2.75, 3.05) is 12.4 Å². The van der Waals surface area contributed by atoms with Crippen LogP contribution in [-0.2, 0) is 4.79 Å². The van der Waals surface area contributed by atoms with E-state index in [1.54, 1.807) is 11.8 Å². The van der Waals surface area contributed by atoms with Gasteiger partial charge in [-0.15, -0.1) is 11.8 Å². The highest BCUT2D eigenvalue weighted by Crippen LogP contribution is 2.40. The smallest absolute Gasteiger partial charge is 0.228 e. The molecule has 1 aromatic carbocycles. The number of thioether (sulfide) groups is 1. The third kappa shape index (κ3) is 2.97. The van der Waals surface area contributed by atoms with Gasteiger partial charge in [-0.3, -0.25) is 4.79 Å². The Labute approximate surface area is 130 Å². The summed E-state index contributed by atoms with van der Waals surface area (Å²) in [6.45, 7) is 2.25. The molecule has 3 atom stereocenters.